The Bertz CT molecular complexity index is 563. The molecule has 4 nitrogen and oxygen atoms in total. The van der Waals surface area contributed by atoms with Crippen molar-refractivity contribution in [2.24, 2.45) is 5.92 Å². The van der Waals surface area contributed by atoms with Crippen molar-refractivity contribution in [2.75, 3.05) is 11.9 Å². The zero-order valence-corrected chi connectivity index (χ0v) is 12.8. The van der Waals surface area contributed by atoms with E-state index in [1.165, 1.54) is 12.1 Å². The number of halogens is 2. The summed E-state index contributed by atoms with van der Waals surface area (Å²) in [5.74, 6) is -0.920. The van der Waals surface area contributed by atoms with Crippen LogP contribution in [-0.2, 0) is 9.59 Å². The molecule has 0 bridgehead atoms. The summed E-state index contributed by atoms with van der Waals surface area (Å²) < 4.78 is 13.0. The Labute approximate surface area is 128 Å². The lowest BCUT2D eigenvalue weighted by molar-refractivity contribution is -0.139. The molecule has 21 heavy (non-hydrogen) atoms. The summed E-state index contributed by atoms with van der Waals surface area (Å²) >= 11 is 5.89. The van der Waals surface area contributed by atoms with Gasteiger partial charge in [0.15, 0.2) is 0 Å². The molecule has 1 aliphatic heterocycles. The van der Waals surface area contributed by atoms with Crippen molar-refractivity contribution in [1.29, 1.82) is 0 Å². The van der Waals surface area contributed by atoms with Gasteiger partial charge in [0.1, 0.15) is 11.9 Å². The van der Waals surface area contributed by atoms with Gasteiger partial charge in [-0.1, -0.05) is 25.4 Å². The molecule has 0 saturated carbocycles. The molecule has 1 heterocycles. The number of carbonyl (C=O) groups is 2. The van der Waals surface area contributed by atoms with Crippen LogP contribution in [0.3, 0.4) is 0 Å². The van der Waals surface area contributed by atoms with Crippen LogP contribution in [-0.4, -0.2) is 29.3 Å². The van der Waals surface area contributed by atoms with Crippen LogP contribution in [0.4, 0.5) is 10.1 Å². The van der Waals surface area contributed by atoms with Gasteiger partial charge in [0.05, 0.1) is 10.7 Å². The minimum atomic E-state index is -0.485. The van der Waals surface area contributed by atoms with Gasteiger partial charge in [0.25, 0.3) is 0 Å². The SMILES string of the molecule is CC(C)C(=O)N1CCC[C@H]1C(=O)Nc1ccc(F)cc1Cl. The van der Waals surface area contributed by atoms with Crippen LogP contribution < -0.4 is 5.32 Å². The quantitative estimate of drug-likeness (QED) is 0.932. The Kier molecular flexibility index (Phi) is 4.83. The molecule has 1 saturated heterocycles. The lowest BCUT2D eigenvalue weighted by Gasteiger charge is -2.25. The monoisotopic (exact) mass is 312 g/mol. The first-order valence-corrected chi connectivity index (χ1v) is 7.34. The molecule has 1 atom stereocenters. The van der Waals surface area contributed by atoms with Gasteiger partial charge < -0.3 is 10.2 Å². The molecule has 1 N–H and O–H groups in total. The molecular weight excluding hydrogens is 295 g/mol. The van der Waals surface area contributed by atoms with Gasteiger partial charge in [-0.25, -0.2) is 4.39 Å². The summed E-state index contributed by atoms with van der Waals surface area (Å²) in [7, 11) is 0. The molecule has 2 amide bonds. The third-order valence-electron chi connectivity index (χ3n) is 3.52. The van der Waals surface area contributed by atoms with E-state index >= 15 is 0 Å². The van der Waals surface area contributed by atoms with Gasteiger partial charge in [0.2, 0.25) is 11.8 Å². The van der Waals surface area contributed by atoms with Crippen molar-refractivity contribution >= 4 is 29.1 Å². The second-order valence-electron chi connectivity index (χ2n) is 5.46. The number of nitrogens with one attached hydrogen (secondary N) is 1. The molecule has 0 aliphatic carbocycles. The van der Waals surface area contributed by atoms with Crippen molar-refractivity contribution in [3.8, 4) is 0 Å². The molecule has 6 heteroatoms. The van der Waals surface area contributed by atoms with Crippen molar-refractivity contribution in [3.63, 3.8) is 0 Å². The van der Waals surface area contributed by atoms with Gasteiger partial charge >= 0.3 is 0 Å². The first-order chi connectivity index (χ1) is 9.90. The molecule has 1 aliphatic rings. The van der Waals surface area contributed by atoms with Crippen LogP contribution in [0.5, 0.6) is 0 Å². The number of hydrogen-bond donors (Lipinski definition) is 1. The van der Waals surface area contributed by atoms with Gasteiger partial charge in [-0.05, 0) is 31.0 Å². The summed E-state index contributed by atoms with van der Waals surface area (Å²) in [6.07, 6.45) is 1.43. The average Bonchev–Trinajstić information content (AvgIpc) is 2.90. The first kappa shape index (κ1) is 15.8. The molecule has 0 aromatic heterocycles. The lowest BCUT2D eigenvalue weighted by Crippen LogP contribution is -2.44. The normalized spacial score (nSPS) is 18.1. The number of carbonyl (C=O) groups excluding carboxylic acids is 2. The molecule has 0 unspecified atom stereocenters. The number of hydrogen-bond acceptors (Lipinski definition) is 2. The second kappa shape index (κ2) is 6.43. The predicted molar refractivity (Wildman–Crippen MR) is 79.6 cm³/mol. The molecule has 1 aromatic rings. The minimum absolute atomic E-state index is 0.0298. The largest absolute Gasteiger partial charge is 0.330 e. The maximum Gasteiger partial charge on any atom is 0.247 e. The zero-order chi connectivity index (χ0) is 15.6. The van der Waals surface area contributed by atoms with E-state index in [1.807, 2.05) is 13.8 Å². The van der Waals surface area contributed by atoms with E-state index < -0.39 is 11.9 Å². The summed E-state index contributed by atoms with van der Waals surface area (Å²) in [4.78, 5) is 26.0. The van der Waals surface area contributed by atoms with Crippen molar-refractivity contribution in [3.05, 3.63) is 29.0 Å². The molecular formula is C15H18ClFN2O2. The third-order valence-corrected chi connectivity index (χ3v) is 3.83. The van der Waals surface area contributed by atoms with Crippen LogP contribution in [0.2, 0.25) is 5.02 Å². The number of likely N-dealkylation sites (tertiary alicyclic amines) is 1. The number of amides is 2. The third kappa shape index (κ3) is 3.53. The van der Waals surface area contributed by atoms with Crippen molar-refractivity contribution in [1.82, 2.24) is 4.90 Å². The highest BCUT2D eigenvalue weighted by molar-refractivity contribution is 6.33. The van der Waals surface area contributed by atoms with Gasteiger partial charge in [-0.3, -0.25) is 9.59 Å². The lowest BCUT2D eigenvalue weighted by atomic mass is 10.1. The van der Waals surface area contributed by atoms with Crippen LogP contribution in [0.25, 0.3) is 0 Å². The highest BCUT2D eigenvalue weighted by Crippen LogP contribution is 2.25. The molecule has 0 spiro atoms. The fraction of sp³-hybridized carbons (Fsp3) is 0.467. The van der Waals surface area contributed by atoms with Crippen LogP contribution in [0.15, 0.2) is 18.2 Å². The van der Waals surface area contributed by atoms with E-state index in [0.717, 1.165) is 12.5 Å². The Hall–Kier alpha value is -1.62. The van der Waals surface area contributed by atoms with Gasteiger partial charge in [0, 0.05) is 12.5 Å². The highest BCUT2D eigenvalue weighted by atomic mass is 35.5. The maximum absolute atomic E-state index is 13.0. The minimum Gasteiger partial charge on any atom is -0.330 e. The van der Waals surface area contributed by atoms with Crippen molar-refractivity contribution in [2.45, 2.75) is 32.7 Å². The molecule has 2 rings (SSSR count). The van der Waals surface area contributed by atoms with Gasteiger partial charge in [-0.15, -0.1) is 0 Å². The number of benzene rings is 1. The van der Waals surface area contributed by atoms with E-state index in [-0.39, 0.29) is 22.8 Å². The maximum atomic E-state index is 13.0. The smallest absolute Gasteiger partial charge is 0.247 e. The Morgan fingerprint density at radius 1 is 1.43 bits per heavy atom. The summed E-state index contributed by atoms with van der Waals surface area (Å²) in [6, 6.07) is 3.30. The highest BCUT2D eigenvalue weighted by Gasteiger charge is 2.35. The first-order valence-electron chi connectivity index (χ1n) is 6.96. The fourth-order valence-corrected chi connectivity index (χ4v) is 2.66. The van der Waals surface area contributed by atoms with E-state index in [2.05, 4.69) is 5.32 Å². The topological polar surface area (TPSA) is 49.4 Å². The standard InChI is InChI=1S/C15H18ClFN2O2/c1-9(2)15(21)19-7-3-4-13(19)14(20)18-12-6-5-10(17)8-11(12)16/h5-6,8-9,13H,3-4,7H2,1-2H3,(H,18,20)/t13-/m0/s1. The van der Waals surface area contributed by atoms with E-state index in [4.69, 9.17) is 11.6 Å². The zero-order valence-electron chi connectivity index (χ0n) is 12.0. The fourth-order valence-electron chi connectivity index (χ4n) is 2.44. The van der Waals surface area contributed by atoms with E-state index in [1.54, 1.807) is 4.90 Å². The number of rotatable bonds is 3. The predicted octanol–water partition coefficient (Wildman–Crippen LogP) is 3.06. The summed E-state index contributed by atoms with van der Waals surface area (Å²) in [5.41, 5.74) is 0.354. The summed E-state index contributed by atoms with van der Waals surface area (Å²) in [5, 5.41) is 2.81. The molecule has 114 valence electrons. The van der Waals surface area contributed by atoms with Crippen LogP contribution in [0.1, 0.15) is 26.7 Å². The molecule has 1 aromatic carbocycles. The molecule has 1 fully saturated rings. The average molecular weight is 313 g/mol. The Morgan fingerprint density at radius 3 is 2.76 bits per heavy atom. The molecule has 0 radical (unpaired) electrons. The Morgan fingerprint density at radius 2 is 2.14 bits per heavy atom. The van der Waals surface area contributed by atoms with Crippen LogP contribution in [0, 0.1) is 11.7 Å². The second-order valence-corrected chi connectivity index (χ2v) is 5.86. The summed E-state index contributed by atoms with van der Waals surface area (Å²) in [6.45, 7) is 4.21. The number of anilines is 1. The van der Waals surface area contributed by atoms with E-state index in [0.29, 0.717) is 18.7 Å². The van der Waals surface area contributed by atoms with Crippen molar-refractivity contribution < 1.29 is 14.0 Å². The Balaban J connectivity index is 2.10. The van der Waals surface area contributed by atoms with E-state index in [9.17, 15) is 14.0 Å². The van der Waals surface area contributed by atoms with Crippen LogP contribution >= 0.6 is 11.6 Å². The van der Waals surface area contributed by atoms with Gasteiger partial charge in [-0.2, -0.15) is 0 Å². The number of nitrogens with zero attached hydrogens (tertiary/aromatic N) is 1.